The molecule has 0 aliphatic carbocycles. The Kier molecular flexibility index (Phi) is 2.53. The monoisotopic (exact) mass is 288 g/mol. The van der Waals surface area contributed by atoms with Crippen LogP contribution in [0.3, 0.4) is 0 Å². The zero-order valence-corrected chi connectivity index (χ0v) is 10.4. The van der Waals surface area contributed by atoms with Gasteiger partial charge in [-0.15, -0.1) is 0 Å². The molecule has 0 fully saturated rings. The zero-order valence-electron chi connectivity index (χ0n) is 8.81. The number of nitrogens with one attached hydrogen (secondary N) is 2. The maximum absolute atomic E-state index is 4.31. The molecule has 3 aromatic rings. The molecular weight excluding hydrogens is 280 g/mol. The van der Waals surface area contributed by atoms with Crippen molar-refractivity contribution in [2.45, 2.75) is 0 Å². The highest BCUT2D eigenvalue weighted by Crippen LogP contribution is 2.30. The summed E-state index contributed by atoms with van der Waals surface area (Å²) in [7, 11) is 0. The summed E-state index contributed by atoms with van der Waals surface area (Å²) in [5.74, 6) is 0.939. The van der Waals surface area contributed by atoms with Crippen LogP contribution in [0.25, 0.3) is 11.0 Å². The number of hydrogen-bond donors (Lipinski definition) is 2. The molecule has 84 valence electrons. The van der Waals surface area contributed by atoms with Crippen LogP contribution in [0.15, 0.2) is 47.3 Å². The number of aromatic amines is 1. The second kappa shape index (κ2) is 4.18. The first-order valence-electron chi connectivity index (χ1n) is 5.14. The Morgan fingerprint density at radius 3 is 2.82 bits per heavy atom. The van der Waals surface area contributed by atoms with Gasteiger partial charge in [0.15, 0.2) is 0 Å². The van der Waals surface area contributed by atoms with Crippen molar-refractivity contribution >= 4 is 38.5 Å². The number of fused-ring (bicyclic) bond motifs is 1. The molecule has 1 aromatic carbocycles. The van der Waals surface area contributed by atoms with Gasteiger partial charge in [0.05, 0.1) is 15.7 Å². The topological polar surface area (TPSA) is 53.6 Å². The Labute approximate surface area is 106 Å². The van der Waals surface area contributed by atoms with Gasteiger partial charge in [-0.05, 0) is 40.2 Å². The van der Waals surface area contributed by atoms with Gasteiger partial charge in [0, 0.05) is 18.6 Å². The molecule has 2 N–H and O–H groups in total. The number of benzene rings is 1. The summed E-state index contributed by atoms with van der Waals surface area (Å²) in [6.45, 7) is 0. The molecule has 0 radical (unpaired) electrons. The average molecular weight is 289 g/mol. The van der Waals surface area contributed by atoms with Crippen molar-refractivity contribution in [3.63, 3.8) is 0 Å². The molecule has 0 unspecified atom stereocenters. The molecule has 0 saturated carbocycles. The van der Waals surface area contributed by atoms with Gasteiger partial charge >= 0.3 is 0 Å². The summed E-state index contributed by atoms with van der Waals surface area (Å²) in [6.07, 6.45) is 5.25. The highest BCUT2D eigenvalue weighted by molar-refractivity contribution is 9.10. The molecule has 17 heavy (non-hydrogen) atoms. The van der Waals surface area contributed by atoms with E-state index in [4.69, 9.17) is 0 Å². The maximum Gasteiger partial charge on any atom is 0.107 e. The Morgan fingerprint density at radius 1 is 1.12 bits per heavy atom. The number of nitrogens with zero attached hydrogens (tertiary/aromatic N) is 2. The fourth-order valence-corrected chi connectivity index (χ4v) is 2.19. The van der Waals surface area contributed by atoms with Crippen molar-refractivity contribution < 1.29 is 0 Å². The molecule has 0 aliphatic rings. The average Bonchev–Trinajstić information content (AvgIpc) is 2.86. The van der Waals surface area contributed by atoms with Gasteiger partial charge in [-0.1, -0.05) is 0 Å². The molecular formula is C12H9BrN4. The molecule has 2 aromatic heterocycles. The van der Waals surface area contributed by atoms with Gasteiger partial charge < -0.3 is 10.3 Å². The minimum atomic E-state index is 0.851. The van der Waals surface area contributed by atoms with E-state index >= 15 is 0 Å². The van der Waals surface area contributed by atoms with Crippen LogP contribution >= 0.6 is 15.9 Å². The van der Waals surface area contributed by atoms with Gasteiger partial charge in [0.1, 0.15) is 11.3 Å². The summed E-state index contributed by atoms with van der Waals surface area (Å²) in [5, 5.41) is 3.27. The van der Waals surface area contributed by atoms with E-state index < -0.39 is 0 Å². The van der Waals surface area contributed by atoms with Gasteiger partial charge in [-0.2, -0.15) is 0 Å². The molecule has 0 saturated heterocycles. The third-order valence-corrected chi connectivity index (χ3v) is 3.25. The van der Waals surface area contributed by atoms with E-state index in [1.807, 2.05) is 30.5 Å². The zero-order chi connectivity index (χ0) is 11.7. The lowest BCUT2D eigenvalue weighted by Gasteiger charge is -2.08. The summed E-state index contributed by atoms with van der Waals surface area (Å²) in [5.41, 5.74) is 2.68. The predicted octanol–water partition coefficient (Wildman–Crippen LogP) is 3.46. The normalized spacial score (nSPS) is 10.6. The molecule has 3 rings (SSSR count). The van der Waals surface area contributed by atoms with Crippen molar-refractivity contribution in [2.24, 2.45) is 0 Å². The van der Waals surface area contributed by atoms with Crippen molar-refractivity contribution in [1.82, 2.24) is 15.0 Å². The first kappa shape index (κ1) is 10.3. The second-order valence-electron chi connectivity index (χ2n) is 3.56. The van der Waals surface area contributed by atoms with E-state index in [1.54, 1.807) is 12.4 Å². The van der Waals surface area contributed by atoms with Crippen molar-refractivity contribution in [2.75, 3.05) is 5.32 Å². The summed E-state index contributed by atoms with van der Waals surface area (Å²) in [4.78, 5) is 11.7. The van der Waals surface area contributed by atoms with Crippen molar-refractivity contribution in [1.29, 1.82) is 0 Å². The summed E-state index contributed by atoms with van der Waals surface area (Å²) >= 11 is 3.55. The molecule has 4 nitrogen and oxygen atoms in total. The SMILES string of the molecule is Brc1c(Nc2ccc[nH]2)ccc2nccnc12. The predicted molar refractivity (Wildman–Crippen MR) is 71.3 cm³/mol. The lowest BCUT2D eigenvalue weighted by atomic mass is 10.2. The number of halogens is 1. The Hall–Kier alpha value is -1.88. The van der Waals surface area contributed by atoms with E-state index in [9.17, 15) is 0 Å². The molecule has 5 heteroatoms. The Bertz CT molecular complexity index is 649. The first-order valence-corrected chi connectivity index (χ1v) is 5.93. The maximum atomic E-state index is 4.31. The molecule has 0 bridgehead atoms. The summed E-state index contributed by atoms with van der Waals surface area (Å²) in [6, 6.07) is 7.82. The summed E-state index contributed by atoms with van der Waals surface area (Å²) < 4.78 is 0.915. The van der Waals surface area contributed by atoms with Gasteiger partial charge in [0.2, 0.25) is 0 Å². The smallest absolute Gasteiger partial charge is 0.107 e. The van der Waals surface area contributed by atoms with Crippen LogP contribution < -0.4 is 5.32 Å². The van der Waals surface area contributed by atoms with E-state index in [-0.39, 0.29) is 0 Å². The number of rotatable bonds is 2. The minimum Gasteiger partial charge on any atom is -0.348 e. The van der Waals surface area contributed by atoms with Crippen molar-refractivity contribution in [3.05, 3.63) is 47.3 Å². The van der Waals surface area contributed by atoms with Crippen LogP contribution in [0.5, 0.6) is 0 Å². The quantitative estimate of drug-likeness (QED) is 0.759. The van der Waals surface area contributed by atoms with Crippen LogP contribution in [-0.4, -0.2) is 15.0 Å². The van der Waals surface area contributed by atoms with E-state index in [0.29, 0.717) is 0 Å². The number of hydrogen-bond acceptors (Lipinski definition) is 3. The molecule has 0 spiro atoms. The lowest BCUT2D eigenvalue weighted by molar-refractivity contribution is 1.28. The van der Waals surface area contributed by atoms with Crippen LogP contribution in [-0.2, 0) is 0 Å². The third kappa shape index (κ3) is 1.89. The highest BCUT2D eigenvalue weighted by atomic mass is 79.9. The largest absolute Gasteiger partial charge is 0.348 e. The van der Waals surface area contributed by atoms with Crippen LogP contribution in [0.4, 0.5) is 11.5 Å². The van der Waals surface area contributed by atoms with E-state index in [0.717, 1.165) is 27.0 Å². The number of H-pyrrole nitrogens is 1. The standard InChI is InChI=1S/C12H9BrN4/c13-11-8(17-10-2-1-5-15-10)3-4-9-12(11)16-7-6-14-9/h1-7,15,17H. The third-order valence-electron chi connectivity index (χ3n) is 2.45. The van der Waals surface area contributed by atoms with Crippen LogP contribution in [0.1, 0.15) is 0 Å². The second-order valence-corrected chi connectivity index (χ2v) is 4.35. The Morgan fingerprint density at radius 2 is 2.00 bits per heavy atom. The molecule has 0 amide bonds. The minimum absolute atomic E-state index is 0.851. The fourth-order valence-electron chi connectivity index (χ4n) is 1.65. The van der Waals surface area contributed by atoms with E-state index in [2.05, 4.69) is 36.2 Å². The van der Waals surface area contributed by atoms with Crippen LogP contribution in [0.2, 0.25) is 0 Å². The molecule has 0 atom stereocenters. The number of aromatic nitrogens is 3. The first-order chi connectivity index (χ1) is 8.34. The lowest BCUT2D eigenvalue weighted by Crippen LogP contribution is -1.93. The number of anilines is 2. The molecule has 0 aliphatic heterocycles. The van der Waals surface area contributed by atoms with Crippen LogP contribution in [0, 0.1) is 0 Å². The van der Waals surface area contributed by atoms with Crippen molar-refractivity contribution in [3.8, 4) is 0 Å². The van der Waals surface area contributed by atoms with Gasteiger partial charge in [0.25, 0.3) is 0 Å². The van der Waals surface area contributed by atoms with Gasteiger partial charge in [-0.25, -0.2) is 0 Å². The highest BCUT2D eigenvalue weighted by Gasteiger charge is 2.06. The fraction of sp³-hybridized carbons (Fsp3) is 0. The van der Waals surface area contributed by atoms with Gasteiger partial charge in [-0.3, -0.25) is 9.97 Å². The molecule has 2 heterocycles. The van der Waals surface area contributed by atoms with E-state index in [1.165, 1.54) is 0 Å². The Balaban J connectivity index is 2.09.